The van der Waals surface area contributed by atoms with Crippen LogP contribution >= 0.6 is 11.8 Å². The lowest BCUT2D eigenvalue weighted by atomic mass is 10.1. The second-order valence-electron chi connectivity index (χ2n) is 4.87. The van der Waals surface area contributed by atoms with E-state index in [-0.39, 0.29) is 11.2 Å². The number of carbonyl (C=O) groups is 1. The molecule has 110 valence electrons. The molecule has 21 heavy (non-hydrogen) atoms. The molecule has 0 aliphatic heterocycles. The Morgan fingerprint density at radius 1 is 1.05 bits per heavy atom. The van der Waals surface area contributed by atoms with Gasteiger partial charge in [0, 0.05) is 11.4 Å². The van der Waals surface area contributed by atoms with Gasteiger partial charge in [0.25, 0.3) is 0 Å². The Morgan fingerprint density at radius 2 is 1.67 bits per heavy atom. The van der Waals surface area contributed by atoms with Gasteiger partial charge in [0.05, 0.1) is 0 Å². The van der Waals surface area contributed by atoms with Crippen LogP contribution in [-0.4, -0.2) is 12.5 Å². The van der Waals surface area contributed by atoms with E-state index in [9.17, 15) is 4.79 Å². The van der Waals surface area contributed by atoms with Gasteiger partial charge in [0.2, 0.25) is 5.91 Å². The fourth-order valence-electron chi connectivity index (χ4n) is 2.02. The smallest absolute Gasteiger partial charge is 0.237 e. The fourth-order valence-corrected chi connectivity index (χ4v) is 3.09. The number of amides is 1. The van der Waals surface area contributed by atoms with Crippen molar-refractivity contribution in [2.75, 3.05) is 6.54 Å². The van der Waals surface area contributed by atoms with Crippen molar-refractivity contribution in [1.82, 2.24) is 5.32 Å². The van der Waals surface area contributed by atoms with E-state index in [1.807, 2.05) is 60.7 Å². The average molecular weight is 299 g/mol. The summed E-state index contributed by atoms with van der Waals surface area (Å²) in [7, 11) is 0. The lowest BCUT2D eigenvalue weighted by Crippen LogP contribution is -2.28. The molecule has 3 heteroatoms. The first-order valence-corrected chi connectivity index (χ1v) is 8.23. The van der Waals surface area contributed by atoms with E-state index in [2.05, 4.69) is 12.2 Å². The summed E-state index contributed by atoms with van der Waals surface area (Å²) < 4.78 is 0. The Bertz CT molecular complexity index is 542. The van der Waals surface area contributed by atoms with Crippen molar-refractivity contribution in [3.63, 3.8) is 0 Å². The molecule has 0 aliphatic rings. The number of unbranched alkanes of at least 4 members (excludes halogenated alkanes) is 1. The highest BCUT2D eigenvalue weighted by atomic mass is 32.2. The average Bonchev–Trinajstić information content (AvgIpc) is 2.54. The quantitative estimate of drug-likeness (QED) is 0.605. The maximum atomic E-state index is 12.5. The first-order valence-electron chi connectivity index (χ1n) is 7.35. The van der Waals surface area contributed by atoms with Crippen LogP contribution in [0.25, 0.3) is 0 Å². The van der Waals surface area contributed by atoms with Gasteiger partial charge >= 0.3 is 0 Å². The topological polar surface area (TPSA) is 29.1 Å². The highest BCUT2D eigenvalue weighted by Gasteiger charge is 2.21. The van der Waals surface area contributed by atoms with Crippen molar-refractivity contribution in [3.05, 3.63) is 66.2 Å². The van der Waals surface area contributed by atoms with E-state index in [0.717, 1.165) is 29.8 Å². The molecule has 0 spiro atoms. The summed E-state index contributed by atoms with van der Waals surface area (Å²) in [6.45, 7) is 2.87. The molecule has 2 aromatic rings. The Morgan fingerprint density at radius 3 is 2.29 bits per heavy atom. The lowest BCUT2D eigenvalue weighted by Gasteiger charge is -2.17. The van der Waals surface area contributed by atoms with Gasteiger partial charge in [-0.3, -0.25) is 4.79 Å². The van der Waals surface area contributed by atoms with Crippen molar-refractivity contribution in [1.29, 1.82) is 0 Å². The zero-order chi connectivity index (χ0) is 14.9. The van der Waals surface area contributed by atoms with E-state index >= 15 is 0 Å². The highest BCUT2D eigenvalue weighted by Crippen LogP contribution is 2.35. The molecule has 0 bridgehead atoms. The van der Waals surface area contributed by atoms with Crippen LogP contribution in [0, 0.1) is 0 Å². The van der Waals surface area contributed by atoms with Crippen LogP contribution in [0.3, 0.4) is 0 Å². The van der Waals surface area contributed by atoms with E-state index < -0.39 is 0 Å². The van der Waals surface area contributed by atoms with Crippen LogP contribution < -0.4 is 5.32 Å². The van der Waals surface area contributed by atoms with Crippen molar-refractivity contribution < 1.29 is 4.79 Å². The minimum atomic E-state index is -0.203. The van der Waals surface area contributed by atoms with E-state index in [0.29, 0.717) is 0 Å². The van der Waals surface area contributed by atoms with Crippen molar-refractivity contribution in [2.45, 2.75) is 29.9 Å². The number of carbonyl (C=O) groups excluding carboxylic acids is 1. The second kappa shape index (κ2) is 8.53. The van der Waals surface area contributed by atoms with Gasteiger partial charge in [0.1, 0.15) is 5.25 Å². The molecule has 0 unspecified atom stereocenters. The van der Waals surface area contributed by atoms with E-state index in [4.69, 9.17) is 0 Å². The second-order valence-corrected chi connectivity index (χ2v) is 6.04. The van der Waals surface area contributed by atoms with Gasteiger partial charge in [-0.2, -0.15) is 0 Å². The van der Waals surface area contributed by atoms with Crippen LogP contribution in [0.2, 0.25) is 0 Å². The summed E-state index contributed by atoms with van der Waals surface area (Å²) >= 11 is 1.60. The predicted octanol–water partition coefficient (Wildman–Crippen LogP) is 4.44. The third kappa shape index (κ3) is 4.94. The number of hydrogen-bond acceptors (Lipinski definition) is 2. The van der Waals surface area contributed by atoms with Crippen molar-refractivity contribution in [3.8, 4) is 0 Å². The minimum absolute atomic E-state index is 0.0866. The lowest BCUT2D eigenvalue weighted by molar-refractivity contribution is -0.120. The third-order valence-electron chi connectivity index (χ3n) is 3.17. The number of thioether (sulfide) groups is 1. The first kappa shape index (κ1) is 15.6. The molecule has 2 aromatic carbocycles. The molecule has 1 amide bonds. The molecule has 1 atom stereocenters. The molecule has 2 nitrogen and oxygen atoms in total. The predicted molar refractivity (Wildman–Crippen MR) is 89.4 cm³/mol. The monoisotopic (exact) mass is 299 g/mol. The number of benzene rings is 2. The van der Waals surface area contributed by atoms with Gasteiger partial charge in [-0.25, -0.2) is 0 Å². The van der Waals surface area contributed by atoms with E-state index in [1.165, 1.54) is 0 Å². The molecule has 2 rings (SSSR count). The molecule has 0 saturated heterocycles. The molecule has 0 fully saturated rings. The summed E-state index contributed by atoms with van der Waals surface area (Å²) in [6.07, 6.45) is 2.10. The molecular weight excluding hydrogens is 278 g/mol. The summed E-state index contributed by atoms with van der Waals surface area (Å²) in [5.74, 6) is 0.0866. The first-order chi connectivity index (χ1) is 10.3. The Balaban J connectivity index is 2.12. The van der Waals surface area contributed by atoms with Crippen molar-refractivity contribution >= 4 is 17.7 Å². The SMILES string of the molecule is CCCCNC(=O)[C@@H](Sc1ccccc1)c1ccccc1. The maximum Gasteiger partial charge on any atom is 0.237 e. The zero-order valence-electron chi connectivity index (χ0n) is 12.3. The fraction of sp³-hybridized carbons (Fsp3) is 0.278. The molecule has 1 N–H and O–H groups in total. The number of nitrogens with one attached hydrogen (secondary N) is 1. The molecular formula is C18H21NOS. The molecule has 0 radical (unpaired) electrons. The van der Waals surface area contributed by atoms with Crippen LogP contribution in [0.4, 0.5) is 0 Å². The van der Waals surface area contributed by atoms with Gasteiger partial charge in [-0.15, -0.1) is 11.8 Å². The third-order valence-corrected chi connectivity index (χ3v) is 4.43. The van der Waals surface area contributed by atoms with Gasteiger partial charge < -0.3 is 5.32 Å². The van der Waals surface area contributed by atoms with E-state index in [1.54, 1.807) is 11.8 Å². The van der Waals surface area contributed by atoms with Crippen LogP contribution in [0.15, 0.2) is 65.6 Å². The van der Waals surface area contributed by atoms with Crippen LogP contribution in [0.1, 0.15) is 30.6 Å². The summed E-state index contributed by atoms with van der Waals surface area (Å²) in [5.41, 5.74) is 1.04. The van der Waals surface area contributed by atoms with Gasteiger partial charge in [-0.05, 0) is 24.1 Å². The standard InChI is InChI=1S/C18H21NOS/c1-2-3-14-19-18(20)17(15-10-6-4-7-11-15)21-16-12-8-5-9-13-16/h4-13,17H,2-3,14H2,1H3,(H,19,20)/t17-/m0/s1. The molecule has 0 aromatic heterocycles. The molecule has 0 aliphatic carbocycles. The summed E-state index contributed by atoms with van der Waals surface area (Å²) in [5, 5.41) is 2.84. The largest absolute Gasteiger partial charge is 0.355 e. The Labute approximate surface area is 131 Å². The Hall–Kier alpha value is -1.74. The normalized spacial score (nSPS) is 11.9. The molecule has 0 heterocycles. The van der Waals surface area contributed by atoms with Gasteiger partial charge in [-0.1, -0.05) is 61.9 Å². The molecule has 0 saturated carbocycles. The van der Waals surface area contributed by atoms with Crippen LogP contribution in [-0.2, 0) is 4.79 Å². The summed E-state index contributed by atoms with van der Waals surface area (Å²) in [6, 6.07) is 20.0. The van der Waals surface area contributed by atoms with Crippen molar-refractivity contribution in [2.24, 2.45) is 0 Å². The highest BCUT2D eigenvalue weighted by molar-refractivity contribution is 8.00. The maximum absolute atomic E-state index is 12.5. The van der Waals surface area contributed by atoms with Gasteiger partial charge in [0.15, 0.2) is 0 Å². The minimum Gasteiger partial charge on any atom is -0.355 e. The summed E-state index contributed by atoms with van der Waals surface area (Å²) in [4.78, 5) is 13.6. The van der Waals surface area contributed by atoms with Crippen LogP contribution in [0.5, 0.6) is 0 Å². The number of hydrogen-bond donors (Lipinski definition) is 1. The Kier molecular flexibility index (Phi) is 6.35. The zero-order valence-corrected chi connectivity index (χ0v) is 13.1. The number of rotatable bonds is 7.